The maximum Gasteiger partial charge on any atom is 0.308 e. The molecule has 0 radical (unpaired) electrons. The third-order valence-corrected chi connectivity index (χ3v) is 3.41. The molecule has 3 nitrogen and oxygen atoms in total. The molecule has 0 aromatic heterocycles. The summed E-state index contributed by atoms with van der Waals surface area (Å²) < 4.78 is 0. The summed E-state index contributed by atoms with van der Waals surface area (Å²) in [6, 6.07) is 8.71. The Morgan fingerprint density at radius 3 is 2.00 bits per heavy atom. The number of anilines is 1. The fourth-order valence-corrected chi connectivity index (χ4v) is 2.04. The SMILES string of the molecule is CC(CN(c1ccc(C(C)C)cc1)C(C)C)C(=O)O. The van der Waals surface area contributed by atoms with Crippen LogP contribution in [-0.4, -0.2) is 23.7 Å². The first-order valence-electron chi connectivity index (χ1n) is 6.92. The number of hydrogen-bond acceptors (Lipinski definition) is 2. The van der Waals surface area contributed by atoms with Crippen LogP contribution in [0, 0.1) is 5.92 Å². The lowest BCUT2D eigenvalue weighted by molar-refractivity contribution is -0.140. The first-order valence-corrected chi connectivity index (χ1v) is 6.92. The predicted molar refractivity (Wildman–Crippen MR) is 79.8 cm³/mol. The molecule has 3 heteroatoms. The lowest BCUT2D eigenvalue weighted by atomic mass is 10.0. The smallest absolute Gasteiger partial charge is 0.308 e. The van der Waals surface area contributed by atoms with Crippen molar-refractivity contribution in [2.24, 2.45) is 5.92 Å². The van der Waals surface area contributed by atoms with Gasteiger partial charge in [-0.3, -0.25) is 4.79 Å². The number of carboxylic acid groups (broad SMARTS) is 1. The number of hydrogen-bond donors (Lipinski definition) is 1. The van der Waals surface area contributed by atoms with E-state index >= 15 is 0 Å². The van der Waals surface area contributed by atoms with Gasteiger partial charge in [0.15, 0.2) is 0 Å². The van der Waals surface area contributed by atoms with Gasteiger partial charge in [0.25, 0.3) is 0 Å². The van der Waals surface area contributed by atoms with Crippen LogP contribution in [0.4, 0.5) is 5.69 Å². The van der Waals surface area contributed by atoms with Gasteiger partial charge in [-0.2, -0.15) is 0 Å². The Bertz CT molecular complexity index is 409. The van der Waals surface area contributed by atoms with Crippen LogP contribution in [0.3, 0.4) is 0 Å². The minimum absolute atomic E-state index is 0.284. The lowest BCUT2D eigenvalue weighted by Gasteiger charge is -2.30. The molecule has 0 spiro atoms. The third-order valence-electron chi connectivity index (χ3n) is 3.41. The van der Waals surface area contributed by atoms with Gasteiger partial charge in [-0.1, -0.05) is 32.9 Å². The maximum absolute atomic E-state index is 11.0. The molecule has 1 rings (SSSR count). The van der Waals surface area contributed by atoms with Crippen molar-refractivity contribution in [3.8, 4) is 0 Å². The summed E-state index contributed by atoms with van der Waals surface area (Å²) in [5, 5.41) is 9.05. The summed E-state index contributed by atoms with van der Waals surface area (Å²) >= 11 is 0. The molecular weight excluding hydrogens is 238 g/mol. The highest BCUT2D eigenvalue weighted by atomic mass is 16.4. The van der Waals surface area contributed by atoms with E-state index in [4.69, 9.17) is 5.11 Å². The van der Waals surface area contributed by atoms with Crippen LogP contribution in [0.15, 0.2) is 24.3 Å². The number of rotatable bonds is 6. The number of benzene rings is 1. The molecule has 1 aromatic carbocycles. The Hall–Kier alpha value is -1.51. The monoisotopic (exact) mass is 263 g/mol. The first kappa shape index (κ1) is 15.5. The molecular formula is C16H25NO2. The minimum Gasteiger partial charge on any atom is -0.481 e. The summed E-state index contributed by atoms with van der Waals surface area (Å²) in [6.07, 6.45) is 0. The van der Waals surface area contributed by atoms with E-state index < -0.39 is 5.97 Å². The number of carboxylic acids is 1. The van der Waals surface area contributed by atoms with Crippen LogP contribution in [0.5, 0.6) is 0 Å². The number of nitrogens with zero attached hydrogens (tertiary/aromatic N) is 1. The van der Waals surface area contributed by atoms with Gasteiger partial charge in [0.2, 0.25) is 0 Å². The van der Waals surface area contributed by atoms with E-state index in [2.05, 4.69) is 56.9 Å². The average molecular weight is 263 g/mol. The van der Waals surface area contributed by atoms with Crippen molar-refractivity contribution < 1.29 is 9.90 Å². The van der Waals surface area contributed by atoms with Gasteiger partial charge in [-0.15, -0.1) is 0 Å². The molecule has 0 saturated heterocycles. The lowest BCUT2D eigenvalue weighted by Crippen LogP contribution is -2.37. The zero-order valence-electron chi connectivity index (χ0n) is 12.6. The normalized spacial score (nSPS) is 12.8. The van der Waals surface area contributed by atoms with Gasteiger partial charge in [0.1, 0.15) is 0 Å². The highest BCUT2D eigenvalue weighted by Crippen LogP contribution is 2.22. The van der Waals surface area contributed by atoms with Gasteiger partial charge >= 0.3 is 5.97 Å². The van der Waals surface area contributed by atoms with Gasteiger partial charge in [-0.25, -0.2) is 0 Å². The fourth-order valence-electron chi connectivity index (χ4n) is 2.04. The predicted octanol–water partition coefficient (Wildman–Crippen LogP) is 3.75. The zero-order valence-corrected chi connectivity index (χ0v) is 12.6. The van der Waals surface area contributed by atoms with Crippen molar-refractivity contribution in [1.82, 2.24) is 0 Å². The topological polar surface area (TPSA) is 40.5 Å². The molecule has 1 unspecified atom stereocenters. The van der Waals surface area contributed by atoms with Gasteiger partial charge in [0.05, 0.1) is 5.92 Å². The molecule has 0 aliphatic carbocycles. The Balaban J connectivity index is 2.90. The molecule has 0 amide bonds. The fraction of sp³-hybridized carbons (Fsp3) is 0.562. The Labute approximate surface area is 116 Å². The second-order valence-electron chi connectivity index (χ2n) is 5.73. The largest absolute Gasteiger partial charge is 0.481 e. The Morgan fingerprint density at radius 1 is 1.11 bits per heavy atom. The molecule has 1 atom stereocenters. The minimum atomic E-state index is -0.746. The summed E-state index contributed by atoms with van der Waals surface area (Å²) in [5.74, 6) is -0.601. The highest BCUT2D eigenvalue weighted by Gasteiger charge is 2.18. The standard InChI is InChI=1S/C16H25NO2/c1-11(2)14-6-8-15(9-7-14)17(12(3)4)10-13(5)16(18)19/h6-9,11-13H,10H2,1-5H3,(H,18,19). The number of aliphatic carboxylic acids is 1. The van der Waals surface area contributed by atoms with Crippen molar-refractivity contribution in [3.63, 3.8) is 0 Å². The van der Waals surface area contributed by atoms with E-state index in [1.807, 2.05) is 0 Å². The average Bonchev–Trinajstić information content (AvgIpc) is 2.35. The van der Waals surface area contributed by atoms with Crippen molar-refractivity contribution in [1.29, 1.82) is 0 Å². The van der Waals surface area contributed by atoms with Crippen molar-refractivity contribution in [3.05, 3.63) is 29.8 Å². The van der Waals surface area contributed by atoms with Crippen molar-refractivity contribution in [2.45, 2.75) is 46.6 Å². The molecule has 0 aliphatic rings. The van der Waals surface area contributed by atoms with Crippen molar-refractivity contribution >= 4 is 11.7 Å². The van der Waals surface area contributed by atoms with Crippen LogP contribution in [0.2, 0.25) is 0 Å². The molecule has 1 N–H and O–H groups in total. The maximum atomic E-state index is 11.0. The van der Waals surface area contributed by atoms with Crippen molar-refractivity contribution in [2.75, 3.05) is 11.4 Å². The van der Waals surface area contributed by atoms with Gasteiger partial charge < -0.3 is 10.0 Å². The van der Waals surface area contributed by atoms with Crippen LogP contribution in [0.1, 0.15) is 46.1 Å². The summed E-state index contributed by atoms with van der Waals surface area (Å²) in [4.78, 5) is 13.1. The number of carbonyl (C=O) groups is 1. The van der Waals surface area contributed by atoms with Gasteiger partial charge in [0, 0.05) is 18.3 Å². The van der Waals surface area contributed by atoms with E-state index in [1.165, 1.54) is 5.56 Å². The van der Waals surface area contributed by atoms with Crippen LogP contribution in [0.25, 0.3) is 0 Å². The zero-order chi connectivity index (χ0) is 14.6. The van der Waals surface area contributed by atoms with E-state index in [1.54, 1.807) is 6.92 Å². The quantitative estimate of drug-likeness (QED) is 0.850. The van der Waals surface area contributed by atoms with Crippen LogP contribution >= 0.6 is 0 Å². The first-order chi connectivity index (χ1) is 8.82. The summed E-state index contributed by atoms with van der Waals surface area (Å²) in [6.45, 7) is 10.8. The summed E-state index contributed by atoms with van der Waals surface area (Å²) in [5.41, 5.74) is 2.39. The van der Waals surface area contributed by atoms with E-state index in [0.717, 1.165) is 5.69 Å². The molecule has 106 valence electrons. The highest BCUT2D eigenvalue weighted by molar-refractivity contribution is 5.70. The summed E-state index contributed by atoms with van der Waals surface area (Å²) in [7, 11) is 0. The molecule has 0 bridgehead atoms. The second-order valence-corrected chi connectivity index (χ2v) is 5.73. The molecule has 0 aliphatic heterocycles. The molecule has 19 heavy (non-hydrogen) atoms. The third kappa shape index (κ3) is 4.27. The van der Waals surface area contributed by atoms with E-state index in [9.17, 15) is 4.79 Å². The molecule has 1 aromatic rings. The van der Waals surface area contributed by atoms with E-state index in [0.29, 0.717) is 12.5 Å². The molecule has 0 fully saturated rings. The Morgan fingerprint density at radius 2 is 1.63 bits per heavy atom. The second kappa shape index (κ2) is 6.60. The van der Waals surface area contributed by atoms with E-state index in [-0.39, 0.29) is 12.0 Å². The van der Waals surface area contributed by atoms with Crippen LogP contribution in [-0.2, 0) is 4.79 Å². The van der Waals surface area contributed by atoms with Crippen LogP contribution < -0.4 is 4.90 Å². The molecule has 0 saturated carbocycles. The molecule has 0 heterocycles. The Kier molecular flexibility index (Phi) is 5.40. The van der Waals surface area contributed by atoms with Gasteiger partial charge in [-0.05, 0) is 37.5 Å².